The van der Waals surface area contributed by atoms with Crippen LogP contribution in [0.2, 0.25) is 0 Å². The molecule has 2 saturated carbocycles. The van der Waals surface area contributed by atoms with Gasteiger partial charge in [-0.15, -0.1) is 0 Å². The van der Waals surface area contributed by atoms with Crippen LogP contribution >= 0.6 is 0 Å². The first kappa shape index (κ1) is 20.5. The first-order valence-electron chi connectivity index (χ1n) is 11.6. The number of pyridine rings is 1. The smallest absolute Gasteiger partial charge is 0.302 e. The number of allylic oxidation sites excluding steroid dienone is 5. The number of rotatable bonds is 3. The lowest BCUT2D eigenvalue weighted by molar-refractivity contribution is -0.148. The molecule has 4 aliphatic carbocycles. The molecule has 31 heavy (non-hydrogen) atoms. The Balaban J connectivity index is 1.42. The van der Waals surface area contributed by atoms with E-state index in [1.54, 1.807) is 18.9 Å². The first-order valence-corrected chi connectivity index (χ1v) is 11.6. The molecule has 0 bridgehead atoms. The van der Waals surface area contributed by atoms with E-state index in [1.165, 1.54) is 36.5 Å². The van der Waals surface area contributed by atoms with Gasteiger partial charge in [-0.25, -0.2) is 0 Å². The second-order valence-electron chi connectivity index (χ2n) is 10.3. The van der Waals surface area contributed by atoms with Crippen molar-refractivity contribution < 1.29 is 14.3 Å². The molecule has 1 unspecified atom stereocenters. The SMILES string of the molecule is COc1cncc(C2=CC=C3[C@@H]4CC=C5C[C@@H](OC(C)=O)CC[C@]5(C)C4CC[C@]23C)c1. The molecular formula is C27H33NO3. The molecule has 5 atom stereocenters. The second kappa shape index (κ2) is 7.36. The van der Waals surface area contributed by atoms with Crippen molar-refractivity contribution in [3.63, 3.8) is 0 Å². The van der Waals surface area contributed by atoms with Gasteiger partial charge in [0.05, 0.1) is 13.3 Å². The molecule has 5 rings (SSSR count). The Hall–Kier alpha value is -2.36. The quantitative estimate of drug-likeness (QED) is 0.452. The maximum atomic E-state index is 11.5. The van der Waals surface area contributed by atoms with Gasteiger partial charge in [0.2, 0.25) is 0 Å². The van der Waals surface area contributed by atoms with E-state index in [-0.39, 0.29) is 22.9 Å². The van der Waals surface area contributed by atoms with E-state index in [1.807, 2.05) is 6.20 Å². The van der Waals surface area contributed by atoms with Crippen LogP contribution < -0.4 is 4.74 Å². The number of carbonyl (C=O) groups excluding carboxylic acids is 1. The summed E-state index contributed by atoms with van der Waals surface area (Å²) in [6.07, 6.45) is 17.5. The van der Waals surface area contributed by atoms with E-state index >= 15 is 0 Å². The number of nitrogens with zero attached hydrogens (tertiary/aromatic N) is 1. The molecule has 4 aliphatic rings. The maximum absolute atomic E-state index is 11.5. The average molecular weight is 420 g/mol. The highest BCUT2D eigenvalue weighted by Gasteiger charge is 2.54. The average Bonchev–Trinajstić information content (AvgIpc) is 3.11. The lowest BCUT2D eigenvalue weighted by atomic mass is 9.49. The topological polar surface area (TPSA) is 48.4 Å². The van der Waals surface area contributed by atoms with Crippen LogP contribution in [-0.2, 0) is 9.53 Å². The van der Waals surface area contributed by atoms with Gasteiger partial charge in [-0.2, -0.15) is 0 Å². The molecule has 0 aromatic carbocycles. The molecule has 0 saturated heterocycles. The van der Waals surface area contributed by atoms with Gasteiger partial charge in [0.15, 0.2) is 0 Å². The molecule has 0 radical (unpaired) electrons. The standard InChI is InChI=1S/C27H33NO3/c1-17(29)31-20-9-11-26(2)19(14-20)5-6-22-24-8-7-23(27(24,3)12-10-25(22)26)18-13-21(30-4)16-28-15-18/h5,7-8,13,15-16,20,22,25H,6,9-12,14H2,1-4H3/t20-,22-,25?,26-,27+/m0/s1. The van der Waals surface area contributed by atoms with Crippen LogP contribution in [-0.4, -0.2) is 24.2 Å². The summed E-state index contributed by atoms with van der Waals surface area (Å²) in [5, 5.41) is 0. The summed E-state index contributed by atoms with van der Waals surface area (Å²) in [6, 6.07) is 2.11. The summed E-state index contributed by atoms with van der Waals surface area (Å²) in [6.45, 7) is 6.42. The zero-order valence-corrected chi connectivity index (χ0v) is 19.1. The van der Waals surface area contributed by atoms with Gasteiger partial charge < -0.3 is 9.47 Å². The number of carbonyl (C=O) groups is 1. The summed E-state index contributed by atoms with van der Waals surface area (Å²) >= 11 is 0. The zero-order chi connectivity index (χ0) is 21.8. The van der Waals surface area contributed by atoms with Gasteiger partial charge in [0.25, 0.3) is 0 Å². The Morgan fingerprint density at radius 2 is 2.00 bits per heavy atom. The Bertz CT molecular complexity index is 1010. The summed E-state index contributed by atoms with van der Waals surface area (Å²) in [5.74, 6) is 1.91. The minimum Gasteiger partial charge on any atom is -0.495 e. The van der Waals surface area contributed by atoms with E-state index in [9.17, 15) is 4.79 Å². The van der Waals surface area contributed by atoms with Gasteiger partial charge >= 0.3 is 5.97 Å². The third-order valence-corrected chi connectivity index (χ3v) is 8.70. The highest BCUT2D eigenvalue weighted by Crippen LogP contribution is 2.64. The molecular weight excluding hydrogens is 386 g/mol. The predicted octanol–water partition coefficient (Wildman–Crippen LogP) is 5.90. The number of methoxy groups -OCH3 is 1. The molecule has 0 aliphatic heterocycles. The van der Waals surface area contributed by atoms with Crippen molar-refractivity contribution in [2.75, 3.05) is 7.11 Å². The van der Waals surface area contributed by atoms with Crippen molar-refractivity contribution in [2.24, 2.45) is 22.7 Å². The van der Waals surface area contributed by atoms with Gasteiger partial charge in [-0.3, -0.25) is 9.78 Å². The number of aromatic nitrogens is 1. The Labute approximate surface area is 185 Å². The first-order chi connectivity index (χ1) is 14.8. The molecule has 0 N–H and O–H groups in total. The van der Waals surface area contributed by atoms with Crippen molar-refractivity contribution >= 4 is 11.5 Å². The fraction of sp³-hybridized carbons (Fsp3) is 0.556. The van der Waals surface area contributed by atoms with E-state index in [4.69, 9.17) is 9.47 Å². The fourth-order valence-electron chi connectivity index (χ4n) is 7.06. The Morgan fingerprint density at radius 3 is 2.77 bits per heavy atom. The predicted molar refractivity (Wildman–Crippen MR) is 121 cm³/mol. The molecule has 1 aromatic rings. The lowest BCUT2D eigenvalue weighted by Gasteiger charge is -2.56. The Morgan fingerprint density at radius 1 is 1.16 bits per heavy atom. The third kappa shape index (κ3) is 3.18. The molecule has 0 spiro atoms. The van der Waals surface area contributed by atoms with Crippen molar-refractivity contribution in [3.05, 3.63) is 53.4 Å². The fourth-order valence-corrected chi connectivity index (χ4v) is 7.06. The molecule has 4 heteroatoms. The van der Waals surface area contributed by atoms with Gasteiger partial charge in [-0.1, -0.05) is 43.2 Å². The molecule has 164 valence electrons. The normalized spacial score (nSPS) is 36.3. The van der Waals surface area contributed by atoms with E-state index in [0.717, 1.165) is 31.4 Å². The molecule has 1 heterocycles. The lowest BCUT2D eigenvalue weighted by Crippen LogP contribution is -2.47. The van der Waals surface area contributed by atoms with Crippen molar-refractivity contribution in [3.8, 4) is 5.75 Å². The Kier molecular flexibility index (Phi) is 4.87. The van der Waals surface area contributed by atoms with Gasteiger partial charge in [0.1, 0.15) is 11.9 Å². The maximum Gasteiger partial charge on any atom is 0.302 e. The van der Waals surface area contributed by atoms with Gasteiger partial charge in [-0.05, 0) is 61.0 Å². The number of fused-ring (bicyclic) bond motifs is 5. The molecule has 1 aromatic heterocycles. The van der Waals surface area contributed by atoms with Crippen LogP contribution in [0.25, 0.3) is 5.57 Å². The molecule has 4 nitrogen and oxygen atoms in total. The van der Waals surface area contributed by atoms with E-state index in [0.29, 0.717) is 11.8 Å². The van der Waals surface area contributed by atoms with Crippen LogP contribution in [0, 0.1) is 22.7 Å². The largest absolute Gasteiger partial charge is 0.495 e. The third-order valence-electron chi connectivity index (χ3n) is 8.70. The van der Waals surface area contributed by atoms with Crippen LogP contribution in [0.3, 0.4) is 0 Å². The highest BCUT2D eigenvalue weighted by atomic mass is 16.5. The van der Waals surface area contributed by atoms with Crippen molar-refractivity contribution in [2.45, 2.75) is 65.4 Å². The van der Waals surface area contributed by atoms with Crippen molar-refractivity contribution in [1.29, 1.82) is 0 Å². The van der Waals surface area contributed by atoms with E-state index < -0.39 is 0 Å². The van der Waals surface area contributed by atoms with Crippen molar-refractivity contribution in [1.82, 2.24) is 4.98 Å². The number of ether oxygens (including phenoxy) is 2. The summed E-state index contributed by atoms with van der Waals surface area (Å²) in [7, 11) is 1.70. The summed E-state index contributed by atoms with van der Waals surface area (Å²) < 4.78 is 11.0. The number of hydrogen-bond acceptors (Lipinski definition) is 4. The minimum absolute atomic E-state index is 0.0572. The minimum atomic E-state index is -0.155. The number of esters is 1. The van der Waals surface area contributed by atoms with Gasteiger partial charge in [0, 0.05) is 30.5 Å². The van der Waals surface area contributed by atoms with Crippen LogP contribution in [0.15, 0.2) is 47.8 Å². The number of hydrogen-bond donors (Lipinski definition) is 0. The summed E-state index contributed by atoms with van der Waals surface area (Å²) in [5.41, 5.74) is 5.98. The van der Waals surface area contributed by atoms with Crippen LogP contribution in [0.5, 0.6) is 5.75 Å². The zero-order valence-electron chi connectivity index (χ0n) is 19.1. The molecule has 0 amide bonds. The monoisotopic (exact) mass is 419 g/mol. The van der Waals surface area contributed by atoms with E-state index in [2.05, 4.69) is 43.1 Å². The summed E-state index contributed by atoms with van der Waals surface area (Å²) in [4.78, 5) is 15.9. The highest BCUT2D eigenvalue weighted by molar-refractivity contribution is 5.78. The van der Waals surface area contributed by atoms with Crippen LogP contribution in [0.1, 0.15) is 64.9 Å². The molecule has 2 fully saturated rings. The second-order valence-corrected chi connectivity index (χ2v) is 10.3. The van der Waals surface area contributed by atoms with Crippen LogP contribution in [0.4, 0.5) is 0 Å².